The fraction of sp³-hybridized carbons (Fsp3) is 0.200. The number of nitrogens with zero attached hydrogens (tertiary/aromatic N) is 3. The van der Waals surface area contributed by atoms with Crippen molar-refractivity contribution < 1.29 is 4.74 Å². The van der Waals surface area contributed by atoms with Crippen LogP contribution in [0.4, 0.5) is 0 Å². The van der Waals surface area contributed by atoms with Gasteiger partial charge in [0.05, 0.1) is 24.3 Å². The third-order valence-corrected chi connectivity index (χ3v) is 6.03. The van der Waals surface area contributed by atoms with E-state index in [1.165, 1.54) is 0 Å². The van der Waals surface area contributed by atoms with Gasteiger partial charge in [-0.2, -0.15) is 0 Å². The molecular formula is C15H14N4O2S. The Bertz CT molecular complexity index is 949. The molecule has 1 unspecified atom stereocenters. The lowest BCUT2D eigenvalue weighted by Gasteiger charge is -2.04. The Morgan fingerprint density at radius 3 is 2.95 bits per heavy atom. The van der Waals surface area contributed by atoms with Crippen molar-refractivity contribution in [3.05, 3.63) is 45.4 Å². The highest BCUT2D eigenvalue weighted by Gasteiger charge is 2.36. The Balaban J connectivity index is 1.78. The Morgan fingerprint density at radius 2 is 2.23 bits per heavy atom. The summed E-state index contributed by atoms with van der Waals surface area (Å²) in [5.74, 6) is 1.61. The number of hydrogen-bond donors (Lipinski definition) is 1. The first-order chi connectivity index (χ1) is 10.6. The molecule has 0 saturated carbocycles. The molecule has 0 aliphatic carbocycles. The average Bonchev–Trinajstić information content (AvgIpc) is 3.00. The molecule has 0 radical (unpaired) electrons. The lowest BCUT2D eigenvalue weighted by atomic mass is 10.2. The number of ether oxygens (including phenoxy) is 1. The topological polar surface area (TPSA) is 80.2 Å². The molecule has 0 bridgehead atoms. The van der Waals surface area contributed by atoms with Gasteiger partial charge in [-0.25, -0.2) is 4.98 Å². The van der Waals surface area contributed by atoms with Gasteiger partial charge < -0.3 is 9.72 Å². The lowest BCUT2D eigenvalue weighted by Crippen LogP contribution is -1.87. The second kappa shape index (κ2) is 4.54. The molecule has 7 heteroatoms. The van der Waals surface area contributed by atoms with Crippen molar-refractivity contribution in [2.75, 3.05) is 13.4 Å². The summed E-state index contributed by atoms with van der Waals surface area (Å²) in [6.07, 6.45) is 4.28. The highest BCUT2D eigenvalue weighted by molar-refractivity contribution is 8.42. The number of benzene rings is 1. The SMILES string of the molecule is COc1ccc2ncc3nc(CC4=CS4(C)N=O)[nH]c3c2c1. The molecule has 22 heavy (non-hydrogen) atoms. The lowest BCUT2D eigenvalue weighted by molar-refractivity contribution is 0.415. The summed E-state index contributed by atoms with van der Waals surface area (Å²) in [5, 5.41) is 2.93. The van der Waals surface area contributed by atoms with Gasteiger partial charge in [0.25, 0.3) is 0 Å². The van der Waals surface area contributed by atoms with E-state index in [-0.39, 0.29) is 0 Å². The normalized spacial score (nSPS) is 23.1. The molecule has 0 amide bonds. The number of pyridine rings is 1. The Labute approximate surface area is 128 Å². The Hall–Kier alpha value is -2.41. The van der Waals surface area contributed by atoms with Crippen molar-refractivity contribution in [1.82, 2.24) is 15.0 Å². The number of fused-ring (bicyclic) bond motifs is 3. The summed E-state index contributed by atoms with van der Waals surface area (Å²) in [7, 11) is 0.165. The minimum atomic E-state index is -1.48. The van der Waals surface area contributed by atoms with Crippen LogP contribution >= 0.6 is 10.2 Å². The van der Waals surface area contributed by atoms with E-state index >= 15 is 0 Å². The quantitative estimate of drug-likeness (QED) is 0.746. The number of hydrogen-bond acceptors (Lipinski definition) is 5. The number of nitrogens with one attached hydrogen (secondary N) is 1. The van der Waals surface area contributed by atoms with Gasteiger partial charge >= 0.3 is 0 Å². The number of nitroso groups, excluding NO2 is 1. The fourth-order valence-electron chi connectivity index (χ4n) is 2.56. The van der Waals surface area contributed by atoms with Gasteiger partial charge in [-0.3, -0.25) is 4.98 Å². The summed E-state index contributed by atoms with van der Waals surface area (Å²) in [4.78, 5) is 24.2. The molecule has 2 aromatic heterocycles. The molecule has 1 aliphatic rings. The molecular weight excluding hydrogens is 300 g/mol. The van der Waals surface area contributed by atoms with Gasteiger partial charge in [0.15, 0.2) is 0 Å². The number of aromatic nitrogens is 3. The van der Waals surface area contributed by atoms with Crippen LogP contribution in [0.5, 0.6) is 5.75 Å². The van der Waals surface area contributed by atoms with Crippen LogP contribution in [0.25, 0.3) is 21.9 Å². The van der Waals surface area contributed by atoms with Crippen LogP contribution < -0.4 is 4.74 Å². The van der Waals surface area contributed by atoms with E-state index in [1.807, 2.05) is 29.9 Å². The summed E-state index contributed by atoms with van der Waals surface area (Å²) < 4.78 is 8.49. The van der Waals surface area contributed by atoms with Crippen molar-refractivity contribution in [3.8, 4) is 5.75 Å². The van der Waals surface area contributed by atoms with E-state index in [2.05, 4.69) is 19.5 Å². The second-order valence-corrected chi connectivity index (χ2v) is 8.14. The van der Waals surface area contributed by atoms with Crippen LogP contribution in [-0.4, -0.2) is 28.3 Å². The molecule has 0 spiro atoms. The fourth-order valence-corrected chi connectivity index (χ4v) is 4.09. The van der Waals surface area contributed by atoms with E-state index in [0.717, 1.165) is 38.4 Å². The van der Waals surface area contributed by atoms with E-state index in [4.69, 9.17) is 4.74 Å². The van der Waals surface area contributed by atoms with Crippen LogP contribution in [0.1, 0.15) is 5.82 Å². The first-order valence-corrected chi connectivity index (χ1v) is 8.84. The molecule has 0 saturated heterocycles. The van der Waals surface area contributed by atoms with Crippen LogP contribution in [-0.2, 0) is 6.42 Å². The van der Waals surface area contributed by atoms with Gasteiger partial charge in [0.1, 0.15) is 17.1 Å². The van der Waals surface area contributed by atoms with E-state index < -0.39 is 10.2 Å². The van der Waals surface area contributed by atoms with E-state index in [0.29, 0.717) is 6.42 Å². The third-order valence-electron chi connectivity index (χ3n) is 3.91. The van der Waals surface area contributed by atoms with Crippen molar-refractivity contribution in [3.63, 3.8) is 0 Å². The van der Waals surface area contributed by atoms with Crippen LogP contribution in [0.15, 0.2) is 39.3 Å². The molecule has 0 fully saturated rings. The van der Waals surface area contributed by atoms with Crippen molar-refractivity contribution in [2.45, 2.75) is 6.42 Å². The van der Waals surface area contributed by atoms with E-state index in [9.17, 15) is 4.91 Å². The van der Waals surface area contributed by atoms with Crippen molar-refractivity contribution in [2.24, 2.45) is 4.58 Å². The van der Waals surface area contributed by atoms with E-state index in [1.54, 1.807) is 13.3 Å². The molecule has 3 heterocycles. The summed E-state index contributed by atoms with van der Waals surface area (Å²) in [5.41, 5.74) is 2.64. The number of aromatic amines is 1. The van der Waals surface area contributed by atoms with Crippen LogP contribution in [0.3, 0.4) is 0 Å². The summed E-state index contributed by atoms with van der Waals surface area (Å²) in [6.45, 7) is 0. The Kier molecular flexibility index (Phi) is 2.74. The minimum Gasteiger partial charge on any atom is -0.497 e. The number of methoxy groups -OCH3 is 1. The highest BCUT2D eigenvalue weighted by Crippen LogP contribution is 2.69. The zero-order valence-electron chi connectivity index (χ0n) is 12.2. The standard InChI is InChI=1S/C15H14N4O2S/c1-21-9-3-4-12-11(5-9)15-13(7-16-12)17-14(18-15)6-10-8-22(10,2)19-20/h3-5,7-8H,6H2,1-2H3,(H,17,18). The summed E-state index contributed by atoms with van der Waals surface area (Å²) in [6, 6.07) is 5.76. The molecule has 6 nitrogen and oxygen atoms in total. The van der Waals surface area contributed by atoms with Gasteiger partial charge in [-0.1, -0.05) is 10.2 Å². The zero-order chi connectivity index (χ0) is 15.3. The van der Waals surface area contributed by atoms with Gasteiger partial charge in [0.2, 0.25) is 0 Å². The smallest absolute Gasteiger partial charge is 0.119 e. The van der Waals surface area contributed by atoms with Gasteiger partial charge in [0, 0.05) is 16.7 Å². The number of imidazole rings is 1. The maximum atomic E-state index is 10.8. The first-order valence-electron chi connectivity index (χ1n) is 6.78. The number of H-pyrrole nitrogens is 1. The molecule has 112 valence electrons. The largest absolute Gasteiger partial charge is 0.497 e. The zero-order valence-corrected chi connectivity index (χ0v) is 13.0. The molecule has 3 aromatic rings. The van der Waals surface area contributed by atoms with Gasteiger partial charge in [-0.15, -0.1) is 4.91 Å². The summed E-state index contributed by atoms with van der Waals surface area (Å²) >= 11 is 0. The number of allylic oxidation sites excluding steroid dienone is 1. The highest BCUT2D eigenvalue weighted by atomic mass is 32.3. The molecule has 1 atom stereocenters. The monoisotopic (exact) mass is 314 g/mol. The Morgan fingerprint density at radius 1 is 1.36 bits per heavy atom. The molecule has 1 aliphatic heterocycles. The molecule has 1 aromatic carbocycles. The van der Waals surface area contributed by atoms with Gasteiger partial charge in [-0.05, 0) is 34.4 Å². The van der Waals surface area contributed by atoms with Crippen molar-refractivity contribution in [1.29, 1.82) is 0 Å². The minimum absolute atomic E-state index is 0.637. The van der Waals surface area contributed by atoms with Crippen molar-refractivity contribution >= 4 is 32.2 Å². The van der Waals surface area contributed by atoms with Crippen LogP contribution in [0, 0.1) is 4.91 Å². The van der Waals surface area contributed by atoms with Crippen LogP contribution in [0.2, 0.25) is 0 Å². The third kappa shape index (κ3) is 1.97. The predicted molar refractivity (Wildman–Crippen MR) is 89.0 cm³/mol. The molecule has 4 rings (SSSR count). The maximum Gasteiger partial charge on any atom is 0.119 e. The first kappa shape index (κ1) is 13.3. The maximum absolute atomic E-state index is 10.8. The second-order valence-electron chi connectivity index (χ2n) is 5.36. The predicted octanol–water partition coefficient (Wildman–Crippen LogP) is 3.63. The number of rotatable bonds is 4. The average molecular weight is 314 g/mol. The molecule has 1 N–H and O–H groups in total.